The van der Waals surface area contributed by atoms with Crippen LogP contribution in [0.4, 0.5) is 0 Å². The van der Waals surface area contributed by atoms with Gasteiger partial charge >= 0.3 is 0 Å². The molecule has 1 aromatic carbocycles. The topological polar surface area (TPSA) is 54.0 Å². The zero-order valence-electron chi connectivity index (χ0n) is 13.2. The van der Waals surface area contributed by atoms with Crippen LogP contribution in [0.2, 0.25) is 5.02 Å². The molecule has 0 bridgehead atoms. The van der Waals surface area contributed by atoms with E-state index in [-0.39, 0.29) is 17.4 Å². The molecule has 1 aliphatic rings. The summed E-state index contributed by atoms with van der Waals surface area (Å²) in [6.07, 6.45) is 0.714. The average Bonchev–Trinajstić information content (AvgIpc) is 2.91. The highest BCUT2D eigenvalue weighted by atomic mass is 35.5. The van der Waals surface area contributed by atoms with Gasteiger partial charge in [-0.25, -0.2) is 4.98 Å². The van der Waals surface area contributed by atoms with Crippen molar-refractivity contribution in [2.24, 2.45) is 5.41 Å². The standard InChI is InChI=1S/C17H20ClN3OS/c1-11(15-12(2)23-10-20-15)21-16(22)17(8-19-9-17)7-13-3-5-14(18)6-4-13/h3-6,10-11,19H,7-9H2,1-2H3,(H,21,22). The van der Waals surface area contributed by atoms with Gasteiger partial charge in [-0.1, -0.05) is 23.7 Å². The number of carbonyl (C=O) groups excluding carboxylic acids is 1. The van der Waals surface area contributed by atoms with Crippen molar-refractivity contribution < 1.29 is 4.79 Å². The number of halogens is 1. The van der Waals surface area contributed by atoms with Crippen LogP contribution in [0.25, 0.3) is 0 Å². The van der Waals surface area contributed by atoms with Crippen LogP contribution in [0.1, 0.15) is 29.1 Å². The molecule has 122 valence electrons. The first-order chi connectivity index (χ1) is 11.0. The molecule has 1 unspecified atom stereocenters. The Hall–Kier alpha value is -1.43. The minimum Gasteiger partial charge on any atom is -0.347 e. The smallest absolute Gasteiger partial charge is 0.229 e. The molecule has 23 heavy (non-hydrogen) atoms. The molecule has 0 saturated carbocycles. The predicted octanol–water partition coefficient (Wildman–Crippen LogP) is 3.11. The lowest BCUT2D eigenvalue weighted by Crippen LogP contribution is -2.62. The highest BCUT2D eigenvalue weighted by Crippen LogP contribution is 2.30. The largest absolute Gasteiger partial charge is 0.347 e. The predicted molar refractivity (Wildman–Crippen MR) is 93.9 cm³/mol. The monoisotopic (exact) mass is 349 g/mol. The third kappa shape index (κ3) is 3.42. The van der Waals surface area contributed by atoms with Crippen molar-refractivity contribution in [2.45, 2.75) is 26.3 Å². The second kappa shape index (κ2) is 6.59. The number of benzene rings is 1. The molecular formula is C17H20ClN3OS. The molecule has 6 heteroatoms. The van der Waals surface area contributed by atoms with E-state index in [2.05, 4.69) is 15.6 Å². The van der Waals surface area contributed by atoms with Crippen molar-refractivity contribution in [1.29, 1.82) is 0 Å². The van der Waals surface area contributed by atoms with E-state index >= 15 is 0 Å². The molecule has 1 amide bonds. The number of amides is 1. The van der Waals surface area contributed by atoms with Crippen molar-refractivity contribution in [3.8, 4) is 0 Å². The Labute approximate surface area is 145 Å². The summed E-state index contributed by atoms with van der Waals surface area (Å²) in [6.45, 7) is 5.42. The summed E-state index contributed by atoms with van der Waals surface area (Å²) in [5.41, 5.74) is 3.52. The molecule has 0 spiro atoms. The summed E-state index contributed by atoms with van der Waals surface area (Å²) in [7, 11) is 0. The van der Waals surface area contributed by atoms with Crippen LogP contribution in [-0.4, -0.2) is 24.0 Å². The Bertz CT molecular complexity index is 694. The van der Waals surface area contributed by atoms with Crippen LogP contribution in [0, 0.1) is 12.3 Å². The lowest BCUT2D eigenvalue weighted by molar-refractivity contribution is -0.134. The highest BCUT2D eigenvalue weighted by molar-refractivity contribution is 7.09. The van der Waals surface area contributed by atoms with E-state index < -0.39 is 0 Å². The van der Waals surface area contributed by atoms with Gasteiger partial charge in [0.1, 0.15) is 0 Å². The number of thiazole rings is 1. The van der Waals surface area contributed by atoms with Crippen molar-refractivity contribution in [1.82, 2.24) is 15.6 Å². The molecule has 2 N–H and O–H groups in total. The molecule has 1 aromatic heterocycles. The van der Waals surface area contributed by atoms with E-state index in [4.69, 9.17) is 11.6 Å². The summed E-state index contributed by atoms with van der Waals surface area (Å²) < 4.78 is 0. The number of carbonyl (C=O) groups is 1. The number of aryl methyl sites for hydroxylation is 1. The first kappa shape index (κ1) is 16.4. The fourth-order valence-electron chi connectivity index (χ4n) is 2.93. The molecule has 1 fully saturated rings. The molecule has 1 atom stereocenters. The summed E-state index contributed by atoms with van der Waals surface area (Å²) in [5, 5.41) is 7.08. The summed E-state index contributed by atoms with van der Waals surface area (Å²) >= 11 is 7.54. The molecule has 1 saturated heterocycles. The maximum absolute atomic E-state index is 12.8. The quantitative estimate of drug-likeness (QED) is 0.872. The molecule has 2 aromatic rings. The number of aromatic nitrogens is 1. The van der Waals surface area contributed by atoms with Crippen LogP contribution < -0.4 is 10.6 Å². The zero-order valence-corrected chi connectivity index (χ0v) is 14.8. The normalized spacial score (nSPS) is 17.3. The molecule has 1 aliphatic heterocycles. The molecule has 0 radical (unpaired) electrons. The summed E-state index contributed by atoms with van der Waals surface area (Å²) in [6, 6.07) is 7.65. The van der Waals surface area contributed by atoms with Crippen molar-refractivity contribution in [2.75, 3.05) is 13.1 Å². The first-order valence-corrected chi connectivity index (χ1v) is 8.92. The maximum Gasteiger partial charge on any atom is 0.229 e. The van der Waals surface area contributed by atoms with Gasteiger partial charge in [0.2, 0.25) is 5.91 Å². The Kier molecular flexibility index (Phi) is 4.71. The lowest BCUT2D eigenvalue weighted by Gasteiger charge is -2.41. The summed E-state index contributed by atoms with van der Waals surface area (Å²) in [5.74, 6) is 0.0890. The lowest BCUT2D eigenvalue weighted by atomic mass is 9.75. The van der Waals surface area contributed by atoms with E-state index in [1.54, 1.807) is 11.3 Å². The number of nitrogens with one attached hydrogen (secondary N) is 2. The second-order valence-electron chi connectivity index (χ2n) is 6.18. The van der Waals surface area contributed by atoms with Gasteiger partial charge in [-0.2, -0.15) is 0 Å². The number of hydrogen-bond donors (Lipinski definition) is 2. The van der Waals surface area contributed by atoms with E-state index in [1.807, 2.05) is 43.6 Å². The first-order valence-electron chi connectivity index (χ1n) is 7.66. The number of nitrogens with zero attached hydrogens (tertiary/aromatic N) is 1. The van der Waals surface area contributed by atoms with Gasteiger partial charge < -0.3 is 10.6 Å². The van der Waals surface area contributed by atoms with Crippen LogP contribution in [0.15, 0.2) is 29.8 Å². The minimum atomic E-state index is -0.383. The van der Waals surface area contributed by atoms with Crippen LogP contribution in [-0.2, 0) is 11.2 Å². The second-order valence-corrected chi connectivity index (χ2v) is 7.67. The van der Waals surface area contributed by atoms with Crippen LogP contribution in [0.5, 0.6) is 0 Å². The van der Waals surface area contributed by atoms with Crippen molar-refractivity contribution >= 4 is 28.8 Å². The summed E-state index contributed by atoms with van der Waals surface area (Å²) in [4.78, 5) is 18.3. The molecule has 3 rings (SSSR count). The average molecular weight is 350 g/mol. The van der Waals surface area contributed by atoms with Crippen molar-refractivity contribution in [3.63, 3.8) is 0 Å². The van der Waals surface area contributed by atoms with E-state index in [0.717, 1.165) is 16.1 Å². The Balaban J connectivity index is 1.71. The van der Waals surface area contributed by atoms with E-state index in [9.17, 15) is 4.79 Å². The van der Waals surface area contributed by atoms with Gasteiger partial charge in [0, 0.05) is 23.0 Å². The fraction of sp³-hybridized carbons (Fsp3) is 0.412. The Morgan fingerprint density at radius 1 is 1.43 bits per heavy atom. The number of hydrogen-bond acceptors (Lipinski definition) is 4. The zero-order chi connectivity index (χ0) is 16.4. The molecular weight excluding hydrogens is 330 g/mol. The Morgan fingerprint density at radius 2 is 2.13 bits per heavy atom. The van der Waals surface area contributed by atoms with Gasteiger partial charge in [0.15, 0.2) is 0 Å². The van der Waals surface area contributed by atoms with Gasteiger partial charge in [0.05, 0.1) is 22.7 Å². The van der Waals surface area contributed by atoms with Gasteiger partial charge in [0.25, 0.3) is 0 Å². The van der Waals surface area contributed by atoms with Crippen LogP contribution in [0.3, 0.4) is 0 Å². The SMILES string of the molecule is Cc1scnc1C(C)NC(=O)C1(Cc2ccc(Cl)cc2)CNC1. The third-order valence-corrected chi connectivity index (χ3v) is 5.43. The molecule has 2 heterocycles. The Morgan fingerprint density at radius 3 is 2.65 bits per heavy atom. The highest BCUT2D eigenvalue weighted by Gasteiger charge is 2.44. The van der Waals surface area contributed by atoms with Gasteiger partial charge in [-0.15, -0.1) is 11.3 Å². The maximum atomic E-state index is 12.8. The third-order valence-electron chi connectivity index (χ3n) is 4.40. The van der Waals surface area contributed by atoms with Gasteiger partial charge in [-0.05, 0) is 38.0 Å². The number of rotatable bonds is 5. The minimum absolute atomic E-state index is 0.0727. The van der Waals surface area contributed by atoms with Crippen molar-refractivity contribution in [3.05, 3.63) is 50.9 Å². The van der Waals surface area contributed by atoms with E-state index in [1.165, 1.54) is 0 Å². The molecule has 0 aliphatic carbocycles. The van der Waals surface area contributed by atoms with E-state index in [0.29, 0.717) is 24.5 Å². The fourth-order valence-corrected chi connectivity index (χ4v) is 3.73. The molecule has 4 nitrogen and oxygen atoms in total. The van der Waals surface area contributed by atoms with Crippen LogP contribution >= 0.6 is 22.9 Å². The van der Waals surface area contributed by atoms with Gasteiger partial charge in [-0.3, -0.25) is 4.79 Å².